The van der Waals surface area contributed by atoms with Gasteiger partial charge in [0, 0.05) is 0 Å². The summed E-state index contributed by atoms with van der Waals surface area (Å²) in [4.78, 5) is 12.7. The molecule has 2 aliphatic carbocycles. The van der Waals surface area contributed by atoms with E-state index in [4.69, 9.17) is 4.74 Å². The van der Waals surface area contributed by atoms with Crippen molar-refractivity contribution in [2.45, 2.75) is 141 Å². The maximum atomic E-state index is 12.7. The lowest BCUT2D eigenvalue weighted by Gasteiger charge is -2.38. The smallest absolute Gasteiger partial charge is 0.311 e. The lowest BCUT2D eigenvalue weighted by atomic mass is 9.66. The topological polar surface area (TPSA) is 26.3 Å². The Kier molecular flexibility index (Phi) is 12.2. The highest BCUT2D eigenvalue weighted by Gasteiger charge is 2.42. The summed E-state index contributed by atoms with van der Waals surface area (Å²) in [5.74, 6) is 2.29. The molecule has 0 atom stereocenters. The Hall–Kier alpha value is -2.09. The van der Waals surface area contributed by atoms with Crippen LogP contribution in [-0.2, 0) is 9.53 Å². The molecule has 2 fully saturated rings. The Labute approximate surface area is 245 Å². The van der Waals surface area contributed by atoms with Crippen LogP contribution >= 0.6 is 0 Å². The van der Waals surface area contributed by atoms with Crippen LogP contribution in [0.15, 0.2) is 48.5 Å². The Morgan fingerprint density at radius 2 is 1.18 bits per heavy atom. The summed E-state index contributed by atoms with van der Waals surface area (Å²) in [6.45, 7) is 4.53. The number of hydrogen-bond donors (Lipinski definition) is 0. The molecule has 0 heterocycles. The molecule has 2 aromatic rings. The van der Waals surface area contributed by atoms with Gasteiger partial charge in [-0.3, -0.25) is 4.79 Å². The largest absolute Gasteiger partial charge is 0.469 e. The fourth-order valence-corrected chi connectivity index (χ4v) is 7.71. The van der Waals surface area contributed by atoms with Gasteiger partial charge < -0.3 is 4.74 Å². The van der Waals surface area contributed by atoms with Crippen LogP contribution in [0.25, 0.3) is 11.1 Å². The summed E-state index contributed by atoms with van der Waals surface area (Å²) in [6, 6.07) is 18.7. The molecule has 40 heavy (non-hydrogen) atoms. The zero-order valence-corrected chi connectivity index (χ0v) is 25.9. The highest BCUT2D eigenvalue weighted by atomic mass is 16.5. The average Bonchev–Trinajstić information content (AvgIpc) is 3.01. The van der Waals surface area contributed by atoms with Gasteiger partial charge in [0.1, 0.15) is 0 Å². The van der Waals surface area contributed by atoms with E-state index < -0.39 is 0 Å². The molecule has 0 bridgehead atoms. The number of methoxy groups -OCH3 is 1. The molecule has 2 aliphatic rings. The summed E-state index contributed by atoms with van der Waals surface area (Å²) in [5, 5.41) is 0. The first kappa shape index (κ1) is 30.9. The van der Waals surface area contributed by atoms with Crippen molar-refractivity contribution in [1.82, 2.24) is 0 Å². The SMILES string of the molecule is CCCCCCC[C@H]1CC[C@H](c2ccc(-c3ccc(C4CCC(CCCCC)(C(=O)OC)CC4)cc3)cc2)CC1. The van der Waals surface area contributed by atoms with Crippen molar-refractivity contribution in [2.75, 3.05) is 7.11 Å². The van der Waals surface area contributed by atoms with Crippen molar-refractivity contribution in [3.8, 4) is 11.1 Å². The molecule has 0 saturated heterocycles. The molecular formula is C38H56O2. The van der Waals surface area contributed by atoms with Crippen molar-refractivity contribution in [3.05, 3.63) is 59.7 Å². The van der Waals surface area contributed by atoms with Gasteiger partial charge in [0.15, 0.2) is 0 Å². The number of rotatable bonds is 14. The predicted molar refractivity (Wildman–Crippen MR) is 170 cm³/mol. The maximum Gasteiger partial charge on any atom is 0.311 e. The average molecular weight is 545 g/mol. The molecule has 2 saturated carbocycles. The van der Waals surface area contributed by atoms with Gasteiger partial charge in [0.05, 0.1) is 12.5 Å². The van der Waals surface area contributed by atoms with Crippen LogP contribution in [0.3, 0.4) is 0 Å². The second-order valence-corrected chi connectivity index (χ2v) is 13.2. The predicted octanol–water partition coefficient (Wildman–Crippen LogP) is 11.4. The summed E-state index contributed by atoms with van der Waals surface area (Å²) in [7, 11) is 1.56. The molecule has 0 aliphatic heterocycles. The van der Waals surface area contributed by atoms with E-state index in [1.54, 1.807) is 7.11 Å². The number of unbranched alkanes of at least 4 members (excludes halogenated alkanes) is 6. The Morgan fingerprint density at radius 1 is 0.675 bits per heavy atom. The van der Waals surface area contributed by atoms with Gasteiger partial charge in [-0.15, -0.1) is 0 Å². The molecule has 2 nitrogen and oxygen atoms in total. The highest BCUT2D eigenvalue weighted by molar-refractivity contribution is 5.77. The van der Waals surface area contributed by atoms with Crippen LogP contribution < -0.4 is 0 Å². The minimum absolute atomic E-state index is 0.0201. The van der Waals surface area contributed by atoms with Crippen molar-refractivity contribution < 1.29 is 9.53 Å². The van der Waals surface area contributed by atoms with E-state index in [1.165, 1.54) is 99.3 Å². The molecule has 4 rings (SSSR count). The third kappa shape index (κ3) is 8.23. The number of esters is 1. The molecule has 220 valence electrons. The second-order valence-electron chi connectivity index (χ2n) is 13.2. The molecular weight excluding hydrogens is 488 g/mol. The van der Waals surface area contributed by atoms with Crippen LogP contribution in [0.4, 0.5) is 0 Å². The van der Waals surface area contributed by atoms with E-state index in [-0.39, 0.29) is 11.4 Å². The lowest BCUT2D eigenvalue weighted by molar-refractivity contribution is -0.155. The summed E-state index contributed by atoms with van der Waals surface area (Å²) >= 11 is 0. The normalized spacial score (nSPS) is 25.0. The van der Waals surface area contributed by atoms with Crippen molar-refractivity contribution in [2.24, 2.45) is 11.3 Å². The van der Waals surface area contributed by atoms with Crippen molar-refractivity contribution in [1.29, 1.82) is 0 Å². The Balaban J connectivity index is 1.26. The molecule has 2 aromatic carbocycles. The van der Waals surface area contributed by atoms with Crippen molar-refractivity contribution in [3.63, 3.8) is 0 Å². The quantitative estimate of drug-likeness (QED) is 0.175. The van der Waals surface area contributed by atoms with E-state index in [0.717, 1.165) is 50.4 Å². The number of benzene rings is 2. The Morgan fingerprint density at radius 3 is 1.70 bits per heavy atom. The molecule has 0 aromatic heterocycles. The minimum Gasteiger partial charge on any atom is -0.469 e. The summed E-state index contributed by atoms with van der Waals surface area (Å²) < 4.78 is 5.27. The fraction of sp³-hybridized carbons (Fsp3) is 0.658. The monoisotopic (exact) mass is 544 g/mol. The number of ether oxygens (including phenoxy) is 1. The van der Waals surface area contributed by atoms with E-state index in [2.05, 4.69) is 62.4 Å². The van der Waals surface area contributed by atoms with Gasteiger partial charge in [0.2, 0.25) is 0 Å². The zero-order valence-electron chi connectivity index (χ0n) is 25.9. The fourth-order valence-electron chi connectivity index (χ4n) is 7.71. The third-order valence-corrected chi connectivity index (χ3v) is 10.5. The van der Waals surface area contributed by atoms with Crippen LogP contribution in [0, 0.1) is 11.3 Å². The van der Waals surface area contributed by atoms with E-state index in [0.29, 0.717) is 5.92 Å². The van der Waals surface area contributed by atoms with E-state index in [9.17, 15) is 4.79 Å². The maximum absolute atomic E-state index is 12.7. The molecule has 0 amide bonds. The molecule has 0 unspecified atom stereocenters. The standard InChI is InChI=1S/C38H56O2/c1-4-6-8-9-10-12-30-13-15-31(16-14-30)32-17-19-33(20-18-32)34-21-23-35(24-22-34)36-25-28-38(29-26-36,37(39)40-3)27-11-7-5-2/h17-24,30-31,36H,4-16,25-29H2,1-3H3/t30-,31-,36?,38?. The summed E-state index contributed by atoms with van der Waals surface area (Å²) in [6.07, 6.45) is 22.7. The first-order valence-corrected chi connectivity index (χ1v) is 16.9. The first-order chi connectivity index (χ1) is 19.6. The van der Waals surface area contributed by atoms with Gasteiger partial charge in [-0.1, -0.05) is 120 Å². The molecule has 0 radical (unpaired) electrons. The van der Waals surface area contributed by atoms with Gasteiger partial charge >= 0.3 is 5.97 Å². The van der Waals surface area contributed by atoms with Gasteiger partial charge in [-0.05, 0) is 97.8 Å². The Bertz CT molecular complexity index is 989. The third-order valence-electron chi connectivity index (χ3n) is 10.5. The second kappa shape index (κ2) is 15.8. The molecule has 2 heteroatoms. The number of hydrogen-bond acceptors (Lipinski definition) is 2. The lowest BCUT2D eigenvalue weighted by Crippen LogP contribution is -2.36. The van der Waals surface area contributed by atoms with Crippen LogP contribution in [0.1, 0.15) is 152 Å². The minimum atomic E-state index is -0.254. The highest BCUT2D eigenvalue weighted by Crippen LogP contribution is 2.47. The van der Waals surface area contributed by atoms with Gasteiger partial charge in [0.25, 0.3) is 0 Å². The summed E-state index contributed by atoms with van der Waals surface area (Å²) in [5.41, 5.74) is 5.34. The number of carbonyl (C=O) groups is 1. The molecule has 0 N–H and O–H groups in total. The van der Waals surface area contributed by atoms with Crippen LogP contribution in [-0.4, -0.2) is 13.1 Å². The van der Waals surface area contributed by atoms with Gasteiger partial charge in [-0.2, -0.15) is 0 Å². The number of carbonyl (C=O) groups excluding carboxylic acids is 1. The van der Waals surface area contributed by atoms with E-state index >= 15 is 0 Å². The first-order valence-electron chi connectivity index (χ1n) is 16.9. The van der Waals surface area contributed by atoms with E-state index in [1.807, 2.05) is 0 Å². The van der Waals surface area contributed by atoms with Crippen LogP contribution in [0.2, 0.25) is 0 Å². The zero-order chi connectivity index (χ0) is 28.2. The van der Waals surface area contributed by atoms with Gasteiger partial charge in [-0.25, -0.2) is 0 Å². The molecule has 0 spiro atoms. The van der Waals surface area contributed by atoms with Crippen molar-refractivity contribution >= 4 is 5.97 Å². The van der Waals surface area contributed by atoms with Crippen LogP contribution in [0.5, 0.6) is 0 Å².